The number of amides is 1. The minimum absolute atomic E-state index is 0.104. The van der Waals surface area contributed by atoms with E-state index in [0.29, 0.717) is 15.6 Å². The Balaban J connectivity index is 2.10. The molecule has 0 unspecified atom stereocenters. The van der Waals surface area contributed by atoms with E-state index >= 15 is 0 Å². The van der Waals surface area contributed by atoms with Gasteiger partial charge in [0.25, 0.3) is 5.91 Å². The molecule has 1 amide bonds. The summed E-state index contributed by atoms with van der Waals surface area (Å²) in [6.07, 6.45) is 1.82. The lowest BCUT2D eigenvalue weighted by molar-refractivity contribution is -0.110. The van der Waals surface area contributed by atoms with Crippen LogP contribution in [0.3, 0.4) is 0 Å². The maximum atomic E-state index is 12.1. The lowest BCUT2D eigenvalue weighted by atomic mass is 10.0. The second kappa shape index (κ2) is 5.39. The molecular weight excluding hydrogens is 408 g/mol. The third-order valence-electron chi connectivity index (χ3n) is 3.02. The molecule has 0 fully saturated rings. The van der Waals surface area contributed by atoms with Gasteiger partial charge < -0.3 is 5.32 Å². The normalized spacial score (nSPS) is 15.3. The van der Waals surface area contributed by atoms with Crippen LogP contribution in [0.4, 0.5) is 5.69 Å². The fraction of sp³-hybridized carbons (Fsp3) is 0. The number of halogens is 3. The van der Waals surface area contributed by atoms with Gasteiger partial charge >= 0.3 is 0 Å². The van der Waals surface area contributed by atoms with Crippen molar-refractivity contribution in [2.75, 3.05) is 5.32 Å². The average molecular weight is 416 g/mol. The van der Waals surface area contributed by atoms with Crippen molar-refractivity contribution in [1.29, 1.82) is 0 Å². The molecule has 0 aromatic heterocycles. The van der Waals surface area contributed by atoms with E-state index in [9.17, 15) is 4.79 Å². The summed E-state index contributed by atoms with van der Waals surface area (Å²) in [5, 5.41) is 3.83. The number of fused-ring (bicyclic) bond motifs is 1. The van der Waals surface area contributed by atoms with Crippen molar-refractivity contribution in [1.82, 2.24) is 0 Å². The van der Waals surface area contributed by atoms with E-state index < -0.39 is 0 Å². The van der Waals surface area contributed by atoms with Gasteiger partial charge in [0, 0.05) is 20.4 Å². The highest BCUT2D eigenvalue weighted by Crippen LogP contribution is 2.34. The highest BCUT2D eigenvalue weighted by molar-refractivity contribution is 14.1. The zero-order valence-electron chi connectivity index (χ0n) is 10.1. The Morgan fingerprint density at radius 3 is 2.60 bits per heavy atom. The summed E-state index contributed by atoms with van der Waals surface area (Å²) in [5.41, 5.74) is 3.22. The van der Waals surface area contributed by atoms with Crippen LogP contribution < -0.4 is 5.32 Å². The molecule has 1 aliphatic heterocycles. The van der Waals surface area contributed by atoms with Gasteiger partial charge in [-0.25, -0.2) is 0 Å². The van der Waals surface area contributed by atoms with E-state index in [1.165, 1.54) is 0 Å². The van der Waals surface area contributed by atoms with E-state index in [-0.39, 0.29) is 5.91 Å². The molecule has 0 atom stereocenters. The highest BCUT2D eigenvalue weighted by Gasteiger charge is 2.24. The predicted octanol–water partition coefficient (Wildman–Crippen LogP) is 5.09. The van der Waals surface area contributed by atoms with Crippen LogP contribution in [0.15, 0.2) is 36.4 Å². The Hall–Kier alpha value is -1.04. The van der Waals surface area contributed by atoms with Crippen molar-refractivity contribution in [3.63, 3.8) is 0 Å². The summed E-state index contributed by atoms with van der Waals surface area (Å²) in [6.45, 7) is 0. The molecule has 2 aromatic carbocycles. The van der Waals surface area contributed by atoms with E-state index in [1.807, 2.05) is 30.3 Å². The second-order valence-corrected chi connectivity index (χ2v) is 6.44. The number of carbonyl (C=O) groups excluding carboxylic acids is 1. The number of benzene rings is 2. The molecule has 5 heteroatoms. The molecule has 0 saturated carbocycles. The second-order valence-electron chi connectivity index (χ2n) is 4.38. The molecule has 1 aliphatic rings. The molecule has 3 rings (SSSR count). The molecular formula is C15H8Cl2INO. The summed E-state index contributed by atoms with van der Waals surface area (Å²) >= 11 is 14.1. The van der Waals surface area contributed by atoms with Crippen LogP contribution in [0.5, 0.6) is 0 Å². The summed E-state index contributed by atoms with van der Waals surface area (Å²) in [7, 11) is 0. The van der Waals surface area contributed by atoms with Crippen molar-refractivity contribution in [3.8, 4) is 0 Å². The van der Waals surface area contributed by atoms with Crippen LogP contribution in [0.1, 0.15) is 11.1 Å². The van der Waals surface area contributed by atoms with Crippen molar-refractivity contribution in [3.05, 3.63) is 61.1 Å². The van der Waals surface area contributed by atoms with E-state index in [2.05, 4.69) is 27.9 Å². The minimum Gasteiger partial charge on any atom is -0.321 e. The van der Waals surface area contributed by atoms with Crippen molar-refractivity contribution in [2.24, 2.45) is 0 Å². The maximum Gasteiger partial charge on any atom is 0.256 e. The molecule has 20 heavy (non-hydrogen) atoms. The first-order valence-electron chi connectivity index (χ1n) is 5.82. The smallest absolute Gasteiger partial charge is 0.256 e. The fourth-order valence-electron chi connectivity index (χ4n) is 2.07. The Labute approximate surface area is 139 Å². The Bertz CT molecular complexity index is 756. The van der Waals surface area contributed by atoms with Gasteiger partial charge in [0.05, 0.1) is 10.0 Å². The van der Waals surface area contributed by atoms with Crippen molar-refractivity contribution >= 4 is 69.0 Å². The maximum absolute atomic E-state index is 12.1. The number of carbonyl (C=O) groups is 1. The van der Waals surface area contributed by atoms with Gasteiger partial charge in [-0.3, -0.25) is 4.79 Å². The minimum atomic E-state index is -0.104. The van der Waals surface area contributed by atoms with Gasteiger partial charge in [-0.1, -0.05) is 29.3 Å². The van der Waals surface area contributed by atoms with Crippen LogP contribution >= 0.6 is 45.8 Å². The summed E-state index contributed by atoms with van der Waals surface area (Å²) in [5.74, 6) is -0.104. The fourth-order valence-corrected chi connectivity index (χ4v) is 2.87. The summed E-state index contributed by atoms with van der Waals surface area (Å²) < 4.78 is 1.08. The number of rotatable bonds is 1. The molecule has 2 aromatic rings. The Morgan fingerprint density at radius 2 is 1.85 bits per heavy atom. The lowest BCUT2D eigenvalue weighted by Crippen LogP contribution is -2.03. The molecule has 0 saturated heterocycles. The Morgan fingerprint density at radius 1 is 1.05 bits per heavy atom. The van der Waals surface area contributed by atoms with Gasteiger partial charge in [-0.05, 0) is 64.6 Å². The molecule has 0 spiro atoms. The van der Waals surface area contributed by atoms with Gasteiger partial charge in [-0.15, -0.1) is 0 Å². The topological polar surface area (TPSA) is 29.1 Å². The standard InChI is InChI=1S/C15H8Cl2INO/c16-12-3-1-8(6-13(12)17)5-11-10-7-9(18)2-4-14(10)19-15(11)20/h1-7H,(H,19,20). The lowest BCUT2D eigenvalue weighted by Gasteiger charge is -2.01. The van der Waals surface area contributed by atoms with Crippen molar-refractivity contribution < 1.29 is 4.79 Å². The molecule has 0 aliphatic carbocycles. The number of hydrogen-bond donors (Lipinski definition) is 1. The summed E-state index contributed by atoms with van der Waals surface area (Å²) in [4.78, 5) is 12.1. The van der Waals surface area contributed by atoms with Crippen LogP contribution in [-0.2, 0) is 4.79 Å². The molecule has 0 bridgehead atoms. The van der Waals surface area contributed by atoms with E-state index in [0.717, 1.165) is 20.4 Å². The first-order valence-corrected chi connectivity index (χ1v) is 7.66. The number of hydrogen-bond acceptors (Lipinski definition) is 1. The van der Waals surface area contributed by atoms with Gasteiger partial charge in [0.1, 0.15) is 0 Å². The molecule has 0 radical (unpaired) electrons. The van der Waals surface area contributed by atoms with Crippen LogP contribution in [-0.4, -0.2) is 5.91 Å². The van der Waals surface area contributed by atoms with E-state index in [4.69, 9.17) is 23.2 Å². The highest BCUT2D eigenvalue weighted by atomic mass is 127. The van der Waals surface area contributed by atoms with Gasteiger partial charge in [0.2, 0.25) is 0 Å². The quantitative estimate of drug-likeness (QED) is 0.510. The SMILES string of the molecule is O=C1Nc2ccc(I)cc2C1=Cc1ccc(Cl)c(Cl)c1. The average Bonchev–Trinajstić information content (AvgIpc) is 2.70. The van der Waals surface area contributed by atoms with Crippen molar-refractivity contribution in [2.45, 2.75) is 0 Å². The summed E-state index contributed by atoms with van der Waals surface area (Å²) in [6, 6.07) is 11.2. The number of anilines is 1. The molecule has 100 valence electrons. The van der Waals surface area contributed by atoms with Crippen LogP contribution in [0.2, 0.25) is 10.0 Å². The largest absolute Gasteiger partial charge is 0.321 e. The molecule has 2 nitrogen and oxygen atoms in total. The molecule has 1 heterocycles. The van der Waals surface area contributed by atoms with E-state index in [1.54, 1.807) is 12.1 Å². The van der Waals surface area contributed by atoms with Gasteiger partial charge in [-0.2, -0.15) is 0 Å². The molecule has 1 N–H and O–H groups in total. The van der Waals surface area contributed by atoms with Crippen LogP contribution in [0.25, 0.3) is 11.6 Å². The zero-order valence-corrected chi connectivity index (χ0v) is 13.8. The monoisotopic (exact) mass is 415 g/mol. The Kier molecular flexibility index (Phi) is 3.75. The first kappa shape index (κ1) is 13.9. The van der Waals surface area contributed by atoms with Crippen LogP contribution in [0, 0.1) is 3.57 Å². The first-order chi connectivity index (χ1) is 9.54. The third-order valence-corrected chi connectivity index (χ3v) is 4.43. The third kappa shape index (κ3) is 2.57. The number of nitrogens with one attached hydrogen (secondary N) is 1. The predicted molar refractivity (Wildman–Crippen MR) is 92.1 cm³/mol. The van der Waals surface area contributed by atoms with Gasteiger partial charge in [0.15, 0.2) is 0 Å². The zero-order chi connectivity index (χ0) is 14.3.